The molecule has 8 heteroatoms. The first-order valence-electron chi connectivity index (χ1n) is 13.8. The monoisotopic (exact) mass is 526 g/mol. The summed E-state index contributed by atoms with van der Waals surface area (Å²) in [5, 5.41) is 10.5. The van der Waals surface area contributed by atoms with E-state index in [0.29, 0.717) is 19.3 Å². The van der Waals surface area contributed by atoms with Crippen molar-refractivity contribution in [1.29, 1.82) is 0 Å². The van der Waals surface area contributed by atoms with Crippen LogP contribution >= 0.6 is 0 Å². The molecule has 0 aliphatic carbocycles. The van der Waals surface area contributed by atoms with Crippen molar-refractivity contribution >= 4 is 23.5 Å². The van der Waals surface area contributed by atoms with Crippen molar-refractivity contribution in [2.75, 3.05) is 24.7 Å². The fourth-order valence-electron chi connectivity index (χ4n) is 7.25. The van der Waals surface area contributed by atoms with E-state index in [4.69, 9.17) is 9.47 Å². The second-order valence-electron chi connectivity index (χ2n) is 11.7. The predicted octanol–water partition coefficient (Wildman–Crippen LogP) is 3.56. The van der Waals surface area contributed by atoms with E-state index in [0.717, 1.165) is 16.8 Å². The molecule has 3 aliphatic rings. The fraction of sp³-hybridized carbons (Fsp3) is 0.633. The van der Waals surface area contributed by atoms with Crippen molar-refractivity contribution in [1.82, 2.24) is 4.90 Å². The smallest absolute Gasteiger partial charge is 0.312 e. The molecule has 3 saturated heterocycles. The number of likely N-dealkylation sites (tertiary alicyclic amines) is 1. The zero-order chi connectivity index (χ0) is 28.0. The quantitative estimate of drug-likeness (QED) is 0.370. The normalized spacial score (nSPS) is 30.5. The molecule has 1 aromatic rings. The average Bonchev–Trinajstić information content (AvgIpc) is 3.42. The van der Waals surface area contributed by atoms with Crippen LogP contribution in [0.25, 0.3) is 0 Å². The van der Waals surface area contributed by atoms with Gasteiger partial charge in [0.05, 0.1) is 30.8 Å². The summed E-state index contributed by atoms with van der Waals surface area (Å²) >= 11 is 0. The summed E-state index contributed by atoms with van der Waals surface area (Å²) in [5.74, 6) is -2.55. The van der Waals surface area contributed by atoms with E-state index in [1.165, 1.54) is 0 Å². The van der Waals surface area contributed by atoms with Crippen molar-refractivity contribution in [3.8, 4) is 0 Å². The molecule has 8 nitrogen and oxygen atoms in total. The fourth-order valence-corrected chi connectivity index (χ4v) is 7.25. The molecular weight excluding hydrogens is 484 g/mol. The number of hydrogen-bond donors (Lipinski definition) is 1. The van der Waals surface area contributed by atoms with Gasteiger partial charge in [0.2, 0.25) is 5.91 Å². The summed E-state index contributed by atoms with van der Waals surface area (Å²) in [7, 11) is 0. The number of nitrogens with zero attached hydrogens (tertiary/aromatic N) is 2. The minimum Gasteiger partial charge on any atom is -0.466 e. The second-order valence-corrected chi connectivity index (χ2v) is 11.7. The van der Waals surface area contributed by atoms with E-state index in [1.54, 1.807) is 22.8 Å². The first kappa shape index (κ1) is 28.3. The van der Waals surface area contributed by atoms with Gasteiger partial charge in [-0.3, -0.25) is 14.4 Å². The topological polar surface area (TPSA) is 96.4 Å². The highest BCUT2D eigenvalue weighted by Crippen LogP contribution is 2.64. The maximum Gasteiger partial charge on any atom is 0.312 e. The summed E-state index contributed by atoms with van der Waals surface area (Å²) in [6.45, 7) is 15.6. The summed E-state index contributed by atoms with van der Waals surface area (Å²) in [6.07, 6.45) is 3.20. The van der Waals surface area contributed by atoms with E-state index < -0.39 is 41.1 Å². The molecule has 6 atom stereocenters. The van der Waals surface area contributed by atoms with Crippen LogP contribution in [0.3, 0.4) is 0 Å². The van der Waals surface area contributed by atoms with Gasteiger partial charge in [-0.25, -0.2) is 0 Å². The molecule has 2 unspecified atom stereocenters. The molecule has 38 heavy (non-hydrogen) atoms. The maximum atomic E-state index is 14.7. The third kappa shape index (κ3) is 4.26. The molecule has 0 radical (unpaired) electrons. The number of carbonyl (C=O) groups excluding carboxylic acids is 3. The van der Waals surface area contributed by atoms with Gasteiger partial charge in [0, 0.05) is 12.2 Å². The van der Waals surface area contributed by atoms with E-state index in [1.807, 2.05) is 52.8 Å². The van der Waals surface area contributed by atoms with Crippen molar-refractivity contribution in [2.45, 2.75) is 84.1 Å². The zero-order valence-corrected chi connectivity index (χ0v) is 23.5. The molecule has 3 aliphatic heterocycles. The Bertz CT molecular complexity index is 1100. The number of carbonyl (C=O) groups is 3. The van der Waals surface area contributed by atoms with E-state index in [-0.39, 0.29) is 37.5 Å². The number of benzene rings is 1. The molecule has 0 aromatic heterocycles. The van der Waals surface area contributed by atoms with Gasteiger partial charge < -0.3 is 24.4 Å². The van der Waals surface area contributed by atoms with Crippen LogP contribution in [-0.2, 0) is 23.9 Å². The number of anilines is 1. The first-order valence-corrected chi connectivity index (χ1v) is 13.8. The molecule has 0 saturated carbocycles. The molecule has 2 amide bonds. The Labute approximate surface area is 226 Å². The molecule has 3 heterocycles. The average molecular weight is 527 g/mol. The van der Waals surface area contributed by atoms with Crippen LogP contribution < -0.4 is 4.90 Å². The van der Waals surface area contributed by atoms with Crippen molar-refractivity contribution in [3.63, 3.8) is 0 Å². The molecule has 1 aromatic carbocycles. The largest absolute Gasteiger partial charge is 0.466 e. The van der Waals surface area contributed by atoms with Crippen LogP contribution in [0.4, 0.5) is 5.69 Å². The lowest BCUT2D eigenvalue weighted by Crippen LogP contribution is -2.59. The predicted molar refractivity (Wildman–Crippen MR) is 144 cm³/mol. The molecule has 2 bridgehead atoms. The molecular formula is C30H42N2O6. The zero-order valence-electron chi connectivity index (χ0n) is 23.5. The Hall–Kier alpha value is -2.71. The van der Waals surface area contributed by atoms with Crippen LogP contribution in [0.1, 0.15) is 58.1 Å². The lowest BCUT2D eigenvalue weighted by atomic mass is 9.66. The van der Waals surface area contributed by atoms with Crippen LogP contribution in [0.2, 0.25) is 0 Å². The number of esters is 1. The van der Waals surface area contributed by atoms with Gasteiger partial charge in [-0.15, -0.1) is 6.58 Å². The third-order valence-corrected chi connectivity index (χ3v) is 8.62. The molecule has 3 fully saturated rings. The number of fused-ring (bicyclic) bond motifs is 1. The van der Waals surface area contributed by atoms with E-state index in [2.05, 4.69) is 6.58 Å². The summed E-state index contributed by atoms with van der Waals surface area (Å²) in [5.41, 5.74) is 0.555. The molecule has 208 valence electrons. The van der Waals surface area contributed by atoms with Crippen molar-refractivity contribution < 1.29 is 29.0 Å². The van der Waals surface area contributed by atoms with Gasteiger partial charge in [-0.2, -0.15) is 0 Å². The van der Waals surface area contributed by atoms with Crippen LogP contribution in [-0.4, -0.2) is 70.8 Å². The highest BCUT2D eigenvalue weighted by atomic mass is 16.6. The van der Waals surface area contributed by atoms with Crippen molar-refractivity contribution in [3.05, 3.63) is 42.0 Å². The first-order chi connectivity index (χ1) is 18.0. The lowest BCUT2D eigenvalue weighted by molar-refractivity contribution is -0.160. The molecule has 1 N–H and O–H groups in total. The second kappa shape index (κ2) is 10.5. The van der Waals surface area contributed by atoms with E-state index in [9.17, 15) is 19.5 Å². The maximum absolute atomic E-state index is 14.7. The Morgan fingerprint density at radius 3 is 2.50 bits per heavy atom. The minimum absolute atomic E-state index is 0.173. The minimum atomic E-state index is -1.18. The van der Waals surface area contributed by atoms with Crippen LogP contribution in [0.15, 0.2) is 30.9 Å². The van der Waals surface area contributed by atoms with Gasteiger partial charge in [0.25, 0.3) is 5.91 Å². The van der Waals surface area contributed by atoms with Gasteiger partial charge in [-0.05, 0) is 64.0 Å². The highest BCUT2D eigenvalue weighted by molar-refractivity contribution is 6.05. The number of aliphatic hydroxyl groups is 1. The standard InChI is InChI=1S/C30H42N2O6/c1-8-15-31(24-19(5)11-10-12-20(24)6)27(35)25-30-14-13-29(7,38-30)23(28(36)37-9-2)22(30)26(34)32(25)21(17-33)16-18(3)4/h8,10-12,18,21-23,25,33H,1,9,13-17H2,2-7H3/t21-,22+,23+,25?,29-,30?/m1/s1. The number of para-hydroxylation sites is 1. The number of aryl methyl sites for hydroxylation is 2. The third-order valence-electron chi connectivity index (χ3n) is 8.62. The number of amides is 2. The number of rotatable bonds is 10. The Balaban J connectivity index is 1.89. The highest BCUT2D eigenvalue weighted by Gasteiger charge is 2.79. The summed E-state index contributed by atoms with van der Waals surface area (Å²) in [4.78, 5) is 45.5. The summed E-state index contributed by atoms with van der Waals surface area (Å²) in [6, 6.07) is 4.28. The Morgan fingerprint density at radius 1 is 1.29 bits per heavy atom. The lowest BCUT2D eigenvalue weighted by Gasteiger charge is -2.40. The van der Waals surface area contributed by atoms with Gasteiger partial charge >= 0.3 is 5.97 Å². The molecule has 1 spiro atoms. The Morgan fingerprint density at radius 2 is 1.95 bits per heavy atom. The number of hydrogen-bond acceptors (Lipinski definition) is 6. The Kier molecular flexibility index (Phi) is 7.79. The molecule has 4 rings (SSSR count). The van der Waals surface area contributed by atoms with Crippen LogP contribution in [0, 0.1) is 31.6 Å². The summed E-state index contributed by atoms with van der Waals surface area (Å²) < 4.78 is 12.1. The van der Waals surface area contributed by atoms with Gasteiger partial charge in [0.1, 0.15) is 17.6 Å². The van der Waals surface area contributed by atoms with Crippen LogP contribution in [0.5, 0.6) is 0 Å². The van der Waals surface area contributed by atoms with E-state index >= 15 is 0 Å². The number of aliphatic hydroxyl groups excluding tert-OH is 1. The van der Waals surface area contributed by atoms with Crippen molar-refractivity contribution in [2.24, 2.45) is 17.8 Å². The number of ether oxygens (including phenoxy) is 2. The van der Waals surface area contributed by atoms with Gasteiger partial charge in [-0.1, -0.05) is 38.1 Å². The SMILES string of the molecule is C=CCN(C(=O)C1N([C@@H](CO)CC(C)C)C(=O)[C@@H]2[C@@H](C(=O)OCC)[C@@]3(C)CCC12O3)c1c(C)cccc1C. The van der Waals surface area contributed by atoms with Gasteiger partial charge in [0.15, 0.2) is 0 Å².